The van der Waals surface area contributed by atoms with Gasteiger partial charge in [0.05, 0.1) is 33.4 Å². The minimum atomic E-state index is -0.239. The third-order valence-corrected chi connectivity index (χ3v) is 12.2. The summed E-state index contributed by atoms with van der Waals surface area (Å²) in [5.74, 6) is 0.924. The fraction of sp³-hybridized carbons (Fsp3) is 0.200. The molecular formula is C55H51N5. The Kier molecular flexibility index (Phi) is 8.55. The van der Waals surface area contributed by atoms with Crippen LogP contribution in [-0.4, -0.2) is 23.9 Å². The molecule has 6 aromatic carbocycles. The van der Waals surface area contributed by atoms with Gasteiger partial charge < -0.3 is 4.57 Å². The van der Waals surface area contributed by atoms with Crippen LogP contribution < -0.4 is 0 Å². The number of aromatic nitrogens is 5. The molecule has 10 rings (SSSR count). The Morgan fingerprint density at radius 1 is 0.467 bits per heavy atom. The second-order valence-corrected chi connectivity index (χ2v) is 18.6. The molecule has 0 aliphatic heterocycles. The van der Waals surface area contributed by atoms with E-state index in [1.54, 1.807) is 0 Å². The van der Waals surface area contributed by atoms with Crippen LogP contribution >= 0.6 is 0 Å². The van der Waals surface area contributed by atoms with Crippen molar-refractivity contribution < 1.29 is 0 Å². The van der Waals surface area contributed by atoms with Gasteiger partial charge in [-0.3, -0.25) is 4.57 Å². The first-order valence-corrected chi connectivity index (χ1v) is 21.1. The molecule has 0 atom stereocenters. The Morgan fingerprint density at radius 3 is 1.65 bits per heavy atom. The minimum Gasteiger partial charge on any atom is -0.309 e. The van der Waals surface area contributed by atoms with E-state index in [2.05, 4.69) is 216 Å². The van der Waals surface area contributed by atoms with Crippen molar-refractivity contribution >= 4 is 43.6 Å². The van der Waals surface area contributed by atoms with Crippen molar-refractivity contribution in [3.63, 3.8) is 0 Å². The van der Waals surface area contributed by atoms with E-state index < -0.39 is 0 Å². The highest BCUT2D eigenvalue weighted by molar-refractivity contribution is 6.12. The van der Waals surface area contributed by atoms with E-state index in [1.807, 2.05) is 6.20 Å². The summed E-state index contributed by atoms with van der Waals surface area (Å²) in [4.78, 5) is 4.98. The predicted octanol–water partition coefficient (Wildman–Crippen LogP) is 14.3. The summed E-state index contributed by atoms with van der Waals surface area (Å²) in [5, 5.41) is 10.4. The van der Waals surface area contributed by atoms with Gasteiger partial charge in [-0.25, -0.2) is 9.67 Å². The monoisotopic (exact) mass is 781 g/mol. The average molecular weight is 782 g/mol. The summed E-state index contributed by atoms with van der Waals surface area (Å²) in [6.07, 6.45) is 1.95. The Bertz CT molecular complexity index is 3280. The number of hydrogen-bond donors (Lipinski definition) is 0. The molecule has 0 saturated carbocycles. The molecule has 4 heterocycles. The standard InChI is InChI=1S/C55H51N5/c1-34-29-35(2)50(36(3)30-34)51-52(37-17-11-10-12-18-37)57-60(53(51)55(7,8)9)40-24-26-43-41-19-13-15-21-45(41)58(47(43)33-40)39-23-25-44-42-20-14-16-22-46(42)59(48(44)32-39)49-31-38(27-28-56-49)54(4,5)6/h10-33H,1-9H3. The van der Waals surface area contributed by atoms with E-state index in [4.69, 9.17) is 10.1 Å². The molecule has 0 amide bonds. The number of para-hydroxylation sites is 2. The van der Waals surface area contributed by atoms with E-state index in [9.17, 15) is 0 Å². The molecule has 0 fully saturated rings. The zero-order valence-electron chi connectivity index (χ0n) is 36.1. The minimum absolute atomic E-state index is 0.00978. The molecule has 296 valence electrons. The molecule has 0 saturated heterocycles. The molecule has 60 heavy (non-hydrogen) atoms. The third-order valence-electron chi connectivity index (χ3n) is 12.2. The van der Waals surface area contributed by atoms with Gasteiger partial charge in [-0.05, 0) is 97.0 Å². The van der Waals surface area contributed by atoms with Crippen LogP contribution in [0.15, 0.2) is 146 Å². The van der Waals surface area contributed by atoms with Crippen molar-refractivity contribution in [3.8, 4) is 39.6 Å². The number of nitrogens with zero attached hydrogens (tertiary/aromatic N) is 5. The molecule has 0 unspecified atom stereocenters. The van der Waals surface area contributed by atoms with Crippen molar-refractivity contribution in [3.05, 3.63) is 174 Å². The molecule has 0 aliphatic rings. The van der Waals surface area contributed by atoms with Crippen molar-refractivity contribution in [2.75, 3.05) is 0 Å². The quantitative estimate of drug-likeness (QED) is 0.174. The van der Waals surface area contributed by atoms with Gasteiger partial charge in [-0.15, -0.1) is 0 Å². The summed E-state index contributed by atoms with van der Waals surface area (Å²) < 4.78 is 7.00. The van der Waals surface area contributed by atoms with Crippen molar-refractivity contribution in [2.24, 2.45) is 0 Å². The lowest BCUT2D eigenvalue weighted by Crippen LogP contribution is -2.19. The predicted molar refractivity (Wildman–Crippen MR) is 253 cm³/mol. The van der Waals surface area contributed by atoms with E-state index >= 15 is 0 Å². The summed E-state index contributed by atoms with van der Waals surface area (Å²) in [6.45, 7) is 20.4. The maximum Gasteiger partial charge on any atom is 0.137 e. The Hall–Kier alpha value is -6.72. The summed E-state index contributed by atoms with van der Waals surface area (Å²) in [7, 11) is 0. The summed E-state index contributed by atoms with van der Waals surface area (Å²) in [6, 6.07) is 50.9. The lowest BCUT2D eigenvalue weighted by atomic mass is 9.82. The van der Waals surface area contributed by atoms with Crippen LogP contribution in [-0.2, 0) is 10.8 Å². The molecule has 0 spiro atoms. The number of pyridine rings is 1. The highest BCUT2D eigenvalue weighted by Gasteiger charge is 2.31. The first kappa shape index (κ1) is 37.5. The normalized spacial score (nSPS) is 12.4. The van der Waals surface area contributed by atoms with E-state index in [1.165, 1.54) is 60.6 Å². The molecule has 0 N–H and O–H groups in total. The van der Waals surface area contributed by atoms with E-state index in [0.717, 1.165) is 50.5 Å². The molecule has 0 bridgehead atoms. The summed E-state index contributed by atoms with van der Waals surface area (Å²) in [5.41, 5.74) is 17.2. The fourth-order valence-corrected chi connectivity index (χ4v) is 9.63. The topological polar surface area (TPSA) is 40.6 Å². The maximum absolute atomic E-state index is 5.59. The SMILES string of the molecule is Cc1cc(C)c(-c2c(-c3ccccc3)nn(-c3ccc4c5ccccc5n(-c5ccc6c7ccccc7n(-c7cc(C(C)(C)C)ccn7)c6c5)c4c3)c2C(C)(C)C)c(C)c1. The summed E-state index contributed by atoms with van der Waals surface area (Å²) >= 11 is 0. The Morgan fingerprint density at radius 2 is 1.02 bits per heavy atom. The zero-order valence-corrected chi connectivity index (χ0v) is 36.1. The number of fused-ring (bicyclic) bond motifs is 6. The zero-order chi connectivity index (χ0) is 41.7. The third kappa shape index (κ3) is 5.98. The van der Waals surface area contributed by atoms with Gasteiger partial charge in [0.25, 0.3) is 0 Å². The van der Waals surface area contributed by atoms with Crippen LogP contribution in [0.25, 0.3) is 83.2 Å². The van der Waals surface area contributed by atoms with Crippen molar-refractivity contribution in [1.29, 1.82) is 0 Å². The van der Waals surface area contributed by atoms with E-state index in [-0.39, 0.29) is 10.8 Å². The second-order valence-electron chi connectivity index (χ2n) is 18.6. The van der Waals surface area contributed by atoms with Crippen molar-refractivity contribution in [1.82, 2.24) is 23.9 Å². The number of rotatable bonds is 5. The maximum atomic E-state index is 5.59. The fourth-order valence-electron chi connectivity index (χ4n) is 9.63. The van der Waals surface area contributed by atoms with Gasteiger partial charge >= 0.3 is 0 Å². The lowest BCUT2D eigenvalue weighted by molar-refractivity contribution is 0.545. The van der Waals surface area contributed by atoms with Crippen LogP contribution in [0.5, 0.6) is 0 Å². The largest absolute Gasteiger partial charge is 0.309 e. The Balaban J connectivity index is 1.25. The Labute approximate surface area is 352 Å². The number of benzene rings is 6. The smallest absolute Gasteiger partial charge is 0.137 e. The van der Waals surface area contributed by atoms with Gasteiger partial charge in [0.15, 0.2) is 0 Å². The molecule has 5 nitrogen and oxygen atoms in total. The molecular weight excluding hydrogens is 731 g/mol. The van der Waals surface area contributed by atoms with Gasteiger partial charge in [0.1, 0.15) is 11.5 Å². The molecule has 10 aromatic rings. The van der Waals surface area contributed by atoms with Crippen LogP contribution in [0.1, 0.15) is 69.5 Å². The molecule has 0 aliphatic carbocycles. The number of hydrogen-bond acceptors (Lipinski definition) is 2. The van der Waals surface area contributed by atoms with Crippen LogP contribution in [0.3, 0.4) is 0 Å². The van der Waals surface area contributed by atoms with Gasteiger partial charge in [-0.2, -0.15) is 5.10 Å². The highest BCUT2D eigenvalue weighted by atomic mass is 15.3. The lowest BCUT2D eigenvalue weighted by Gasteiger charge is -2.24. The first-order chi connectivity index (χ1) is 28.8. The van der Waals surface area contributed by atoms with Crippen LogP contribution in [0.4, 0.5) is 0 Å². The van der Waals surface area contributed by atoms with Crippen molar-refractivity contribution in [2.45, 2.75) is 73.1 Å². The van der Waals surface area contributed by atoms with E-state index in [0.29, 0.717) is 0 Å². The highest BCUT2D eigenvalue weighted by Crippen LogP contribution is 2.45. The van der Waals surface area contributed by atoms with Crippen LogP contribution in [0.2, 0.25) is 0 Å². The van der Waals surface area contributed by atoms with Crippen LogP contribution in [0, 0.1) is 20.8 Å². The molecule has 5 heteroatoms. The average Bonchev–Trinajstić information content (AvgIpc) is 3.88. The molecule has 0 radical (unpaired) electrons. The molecule has 4 aromatic heterocycles. The van der Waals surface area contributed by atoms with Gasteiger partial charge in [-0.1, -0.05) is 138 Å². The number of aryl methyl sites for hydroxylation is 3. The second kappa shape index (κ2) is 13.7. The first-order valence-electron chi connectivity index (χ1n) is 21.1. The van der Waals surface area contributed by atoms with Gasteiger partial charge in [0.2, 0.25) is 0 Å². The van der Waals surface area contributed by atoms with Gasteiger partial charge in [0, 0.05) is 50.0 Å².